The summed E-state index contributed by atoms with van der Waals surface area (Å²) in [6.45, 7) is 6.59. The topological polar surface area (TPSA) is 58.7 Å². The van der Waals surface area contributed by atoms with E-state index in [4.69, 9.17) is 5.41 Å². The van der Waals surface area contributed by atoms with Crippen molar-refractivity contribution >= 4 is 11.5 Å². The van der Waals surface area contributed by atoms with E-state index >= 15 is 0 Å². The number of hydrogen-bond acceptors (Lipinski definition) is 3. The monoisotopic (exact) mass is 359 g/mol. The molecule has 0 aliphatic carbocycles. The van der Waals surface area contributed by atoms with E-state index in [1.165, 1.54) is 5.56 Å². The Morgan fingerprint density at radius 3 is 2.33 bits per heavy atom. The molecular formula is C23H25N3O. The fraction of sp³-hybridized carbons (Fsp3) is 0.261. The minimum Gasteiger partial charge on any atom is -0.344 e. The van der Waals surface area contributed by atoms with Gasteiger partial charge in [-0.15, -0.1) is 0 Å². The lowest BCUT2D eigenvalue weighted by Crippen LogP contribution is -2.07. The molecule has 1 aromatic carbocycles. The van der Waals surface area contributed by atoms with Crippen LogP contribution in [0.15, 0.2) is 54.9 Å². The van der Waals surface area contributed by atoms with Crippen LogP contribution in [-0.2, 0) is 13.0 Å². The van der Waals surface area contributed by atoms with Gasteiger partial charge in [-0.3, -0.25) is 9.78 Å². The second-order valence-electron chi connectivity index (χ2n) is 6.97. The molecule has 3 rings (SSSR count). The number of aryl methyl sites for hydroxylation is 2. The van der Waals surface area contributed by atoms with E-state index in [0.29, 0.717) is 18.6 Å². The quantitative estimate of drug-likeness (QED) is 0.489. The lowest BCUT2D eigenvalue weighted by molar-refractivity contribution is 0.0982. The summed E-state index contributed by atoms with van der Waals surface area (Å²) >= 11 is 0. The highest BCUT2D eigenvalue weighted by molar-refractivity contribution is 5.98. The van der Waals surface area contributed by atoms with Gasteiger partial charge in [0.2, 0.25) is 0 Å². The summed E-state index contributed by atoms with van der Waals surface area (Å²) in [7, 11) is 0. The smallest absolute Gasteiger partial charge is 0.165 e. The number of carbonyl (C=O) groups excluding carboxylic acids is 1. The molecule has 1 N–H and O–H groups in total. The molecule has 2 aromatic heterocycles. The number of benzene rings is 1. The van der Waals surface area contributed by atoms with E-state index < -0.39 is 0 Å². The number of carbonyl (C=O) groups is 1. The van der Waals surface area contributed by atoms with Crippen LogP contribution in [0.1, 0.15) is 51.8 Å². The van der Waals surface area contributed by atoms with Crippen molar-refractivity contribution in [2.24, 2.45) is 0 Å². The molecule has 0 fully saturated rings. The zero-order valence-electron chi connectivity index (χ0n) is 16.1. The van der Waals surface area contributed by atoms with Crippen LogP contribution in [0.2, 0.25) is 0 Å². The first-order valence-corrected chi connectivity index (χ1v) is 9.19. The Bertz CT molecular complexity index is 953. The third kappa shape index (κ3) is 4.40. The molecule has 0 saturated carbocycles. The minimum atomic E-state index is 0.177. The van der Waals surface area contributed by atoms with E-state index in [0.717, 1.165) is 34.6 Å². The molecule has 0 saturated heterocycles. The molecule has 3 aromatic rings. The van der Waals surface area contributed by atoms with Gasteiger partial charge in [0, 0.05) is 48.0 Å². The average molecular weight is 359 g/mol. The molecule has 27 heavy (non-hydrogen) atoms. The van der Waals surface area contributed by atoms with Crippen molar-refractivity contribution in [1.29, 1.82) is 5.41 Å². The van der Waals surface area contributed by atoms with Crippen molar-refractivity contribution in [3.63, 3.8) is 0 Å². The zero-order chi connectivity index (χ0) is 19.4. The summed E-state index contributed by atoms with van der Waals surface area (Å²) in [5, 5.41) is 7.65. The van der Waals surface area contributed by atoms with Crippen LogP contribution in [0.3, 0.4) is 0 Å². The minimum absolute atomic E-state index is 0.177. The van der Waals surface area contributed by atoms with E-state index in [1.807, 2.05) is 56.3 Å². The van der Waals surface area contributed by atoms with E-state index in [-0.39, 0.29) is 5.78 Å². The van der Waals surface area contributed by atoms with Gasteiger partial charge in [0.15, 0.2) is 5.78 Å². The average Bonchev–Trinajstić information content (AvgIpc) is 2.95. The zero-order valence-corrected chi connectivity index (χ0v) is 16.1. The Labute approximate surface area is 160 Å². The summed E-state index contributed by atoms with van der Waals surface area (Å²) in [5.74, 6) is 0.177. The number of pyridine rings is 1. The van der Waals surface area contributed by atoms with Crippen molar-refractivity contribution in [1.82, 2.24) is 9.55 Å². The van der Waals surface area contributed by atoms with Crippen molar-refractivity contribution in [3.05, 3.63) is 88.5 Å². The highest BCUT2D eigenvalue weighted by atomic mass is 16.1. The van der Waals surface area contributed by atoms with Gasteiger partial charge in [0.05, 0.1) is 0 Å². The van der Waals surface area contributed by atoms with E-state index in [2.05, 4.69) is 9.55 Å². The molecule has 4 nitrogen and oxygen atoms in total. The third-order valence-electron chi connectivity index (χ3n) is 4.99. The van der Waals surface area contributed by atoms with Crippen LogP contribution in [0.4, 0.5) is 0 Å². The fourth-order valence-corrected chi connectivity index (χ4v) is 3.31. The molecule has 0 radical (unpaired) electrons. The molecule has 0 aliphatic heterocycles. The molecule has 0 unspecified atom stereocenters. The third-order valence-corrected chi connectivity index (χ3v) is 4.99. The number of hydrogen-bond donors (Lipinski definition) is 1. The lowest BCUT2D eigenvalue weighted by atomic mass is 10.0. The highest BCUT2D eigenvalue weighted by Crippen LogP contribution is 2.19. The van der Waals surface area contributed by atoms with Crippen LogP contribution in [-0.4, -0.2) is 21.0 Å². The number of rotatable bonds is 7. The number of Topliss-reactive ketones (excluding diaryl/α,β-unsaturated/α-hetero) is 1. The van der Waals surface area contributed by atoms with Crippen LogP contribution < -0.4 is 0 Å². The van der Waals surface area contributed by atoms with Gasteiger partial charge < -0.3 is 9.98 Å². The van der Waals surface area contributed by atoms with Crippen molar-refractivity contribution in [2.75, 3.05) is 0 Å². The fourth-order valence-electron chi connectivity index (χ4n) is 3.31. The molecule has 0 amide bonds. The van der Waals surface area contributed by atoms with Crippen molar-refractivity contribution < 1.29 is 4.79 Å². The maximum Gasteiger partial charge on any atom is 0.165 e. The highest BCUT2D eigenvalue weighted by Gasteiger charge is 2.16. The SMILES string of the molecule is CC(=N)c1ccc(CCC(=O)c2cc(C)n(Cc3ccncc3)c2C)cc1. The van der Waals surface area contributed by atoms with Crippen LogP contribution in [0, 0.1) is 19.3 Å². The van der Waals surface area contributed by atoms with Gasteiger partial charge >= 0.3 is 0 Å². The number of ketones is 1. The largest absolute Gasteiger partial charge is 0.344 e. The molecule has 0 atom stereocenters. The van der Waals surface area contributed by atoms with E-state index in [1.54, 1.807) is 19.3 Å². The Balaban J connectivity index is 1.70. The number of aromatic nitrogens is 2. The van der Waals surface area contributed by atoms with Crippen LogP contribution in [0.5, 0.6) is 0 Å². The maximum absolute atomic E-state index is 12.8. The number of nitrogens with zero attached hydrogens (tertiary/aromatic N) is 2. The molecule has 2 heterocycles. The first kappa shape index (κ1) is 18.8. The molecule has 138 valence electrons. The Morgan fingerprint density at radius 1 is 1.04 bits per heavy atom. The lowest BCUT2D eigenvalue weighted by Gasteiger charge is -2.10. The second kappa shape index (κ2) is 8.12. The van der Waals surface area contributed by atoms with Crippen LogP contribution >= 0.6 is 0 Å². The van der Waals surface area contributed by atoms with Gasteiger partial charge in [-0.1, -0.05) is 24.3 Å². The van der Waals surface area contributed by atoms with Gasteiger partial charge in [0.1, 0.15) is 0 Å². The normalized spacial score (nSPS) is 10.8. The molecule has 0 aliphatic rings. The van der Waals surface area contributed by atoms with Gasteiger partial charge in [-0.2, -0.15) is 0 Å². The summed E-state index contributed by atoms with van der Waals surface area (Å²) in [6.07, 6.45) is 4.79. The second-order valence-corrected chi connectivity index (χ2v) is 6.97. The Kier molecular flexibility index (Phi) is 5.65. The Hall–Kier alpha value is -3.01. The summed E-state index contributed by atoms with van der Waals surface area (Å²) < 4.78 is 2.18. The molecule has 0 spiro atoms. The molecular weight excluding hydrogens is 334 g/mol. The predicted octanol–water partition coefficient (Wildman–Crippen LogP) is 4.75. The first-order chi connectivity index (χ1) is 13.0. The summed E-state index contributed by atoms with van der Waals surface area (Å²) in [5.41, 5.74) is 6.70. The van der Waals surface area contributed by atoms with Crippen molar-refractivity contribution in [2.45, 2.75) is 40.2 Å². The van der Waals surface area contributed by atoms with E-state index in [9.17, 15) is 4.79 Å². The van der Waals surface area contributed by atoms with Crippen LogP contribution in [0.25, 0.3) is 0 Å². The summed E-state index contributed by atoms with van der Waals surface area (Å²) in [4.78, 5) is 16.8. The van der Waals surface area contributed by atoms with Gasteiger partial charge in [-0.25, -0.2) is 0 Å². The molecule has 0 bridgehead atoms. The standard InChI is InChI=1S/C23H25N3O/c1-16-14-22(18(3)26(16)15-20-10-12-25-13-11-20)23(27)9-6-19-4-7-21(8-5-19)17(2)24/h4-5,7-8,10-14,24H,6,9,15H2,1-3H3. The first-order valence-electron chi connectivity index (χ1n) is 9.19. The van der Waals surface area contributed by atoms with Gasteiger partial charge in [-0.05, 0) is 62.1 Å². The Morgan fingerprint density at radius 2 is 1.70 bits per heavy atom. The number of nitrogens with one attached hydrogen (secondary N) is 1. The molecule has 4 heteroatoms. The summed E-state index contributed by atoms with van der Waals surface area (Å²) in [6, 6.07) is 13.9. The van der Waals surface area contributed by atoms with Gasteiger partial charge in [0.25, 0.3) is 0 Å². The maximum atomic E-state index is 12.8. The van der Waals surface area contributed by atoms with Crippen molar-refractivity contribution in [3.8, 4) is 0 Å². The predicted molar refractivity (Wildman–Crippen MR) is 109 cm³/mol.